The van der Waals surface area contributed by atoms with Crippen molar-refractivity contribution >= 4 is 0 Å². The maximum atomic E-state index is 5.75. The Balaban J connectivity index is 0.000000921. The summed E-state index contributed by atoms with van der Waals surface area (Å²) in [6.45, 7) is 12.4. The molecule has 0 spiro atoms. The van der Waals surface area contributed by atoms with Crippen molar-refractivity contribution in [2.24, 2.45) is 0 Å². The summed E-state index contributed by atoms with van der Waals surface area (Å²) >= 11 is 0. The molecule has 0 saturated carbocycles. The van der Waals surface area contributed by atoms with E-state index in [1.165, 1.54) is 11.1 Å². The summed E-state index contributed by atoms with van der Waals surface area (Å²) < 4.78 is 5.75. The average Bonchev–Trinajstić information content (AvgIpc) is 2.25. The molecule has 1 aromatic rings. The minimum atomic E-state index is 0.307. The number of hydrogen-bond acceptors (Lipinski definition) is 1. The predicted molar refractivity (Wildman–Crippen MR) is 67.6 cm³/mol. The second-order valence-corrected chi connectivity index (χ2v) is 3.61. The van der Waals surface area contributed by atoms with Crippen LogP contribution in [0.3, 0.4) is 0 Å². The first-order chi connectivity index (χ1) is 7.13. The molecule has 1 atom stereocenters. The first-order valence-corrected chi connectivity index (χ1v) is 5.87. The van der Waals surface area contributed by atoms with E-state index in [4.69, 9.17) is 4.74 Å². The lowest BCUT2D eigenvalue weighted by molar-refractivity contribution is 0.216. The van der Waals surface area contributed by atoms with Crippen LogP contribution in [-0.2, 0) is 0 Å². The largest absolute Gasteiger partial charge is 0.490 e. The van der Waals surface area contributed by atoms with Gasteiger partial charge in [0.25, 0.3) is 0 Å². The molecule has 0 radical (unpaired) electrons. The fourth-order valence-electron chi connectivity index (χ4n) is 1.23. The summed E-state index contributed by atoms with van der Waals surface area (Å²) in [7, 11) is 0. The Hall–Kier alpha value is -0.980. The molecule has 1 rings (SSSR count). The first-order valence-electron chi connectivity index (χ1n) is 5.87. The highest BCUT2D eigenvalue weighted by molar-refractivity contribution is 5.35. The molecule has 86 valence electrons. The van der Waals surface area contributed by atoms with E-state index in [-0.39, 0.29) is 0 Å². The van der Waals surface area contributed by atoms with Crippen LogP contribution in [0.5, 0.6) is 5.75 Å². The quantitative estimate of drug-likeness (QED) is 0.710. The van der Waals surface area contributed by atoms with Crippen LogP contribution < -0.4 is 4.74 Å². The Bertz CT molecular complexity index is 279. The third-order valence-corrected chi connectivity index (χ3v) is 2.23. The Kier molecular flexibility index (Phi) is 6.85. The monoisotopic (exact) mass is 208 g/mol. The lowest BCUT2D eigenvalue weighted by Gasteiger charge is -2.14. The van der Waals surface area contributed by atoms with Gasteiger partial charge in [0.15, 0.2) is 0 Å². The van der Waals surface area contributed by atoms with Gasteiger partial charge in [-0.3, -0.25) is 0 Å². The predicted octanol–water partition coefficient (Wildman–Crippen LogP) is 4.51. The van der Waals surface area contributed by atoms with Gasteiger partial charge < -0.3 is 4.74 Å². The molecule has 0 aromatic heterocycles. The van der Waals surface area contributed by atoms with Crippen LogP contribution in [-0.4, -0.2) is 6.10 Å². The van der Waals surface area contributed by atoms with Crippen LogP contribution in [0.2, 0.25) is 0 Å². The molecule has 0 aliphatic rings. The zero-order valence-electron chi connectivity index (χ0n) is 10.9. The van der Waals surface area contributed by atoms with Crippen molar-refractivity contribution in [3.05, 3.63) is 29.3 Å². The molecule has 1 aromatic carbocycles. The highest BCUT2D eigenvalue weighted by atomic mass is 16.5. The molecule has 0 fully saturated rings. The molecule has 15 heavy (non-hydrogen) atoms. The van der Waals surface area contributed by atoms with Crippen molar-refractivity contribution in [2.45, 2.75) is 54.1 Å². The number of rotatable bonds is 3. The zero-order valence-corrected chi connectivity index (χ0v) is 10.9. The van der Waals surface area contributed by atoms with Crippen LogP contribution in [0.15, 0.2) is 18.2 Å². The van der Waals surface area contributed by atoms with Gasteiger partial charge in [-0.25, -0.2) is 0 Å². The minimum Gasteiger partial charge on any atom is -0.490 e. The van der Waals surface area contributed by atoms with E-state index in [1.807, 2.05) is 13.8 Å². The lowest BCUT2D eigenvalue weighted by atomic mass is 10.1. The van der Waals surface area contributed by atoms with Gasteiger partial charge in [0.2, 0.25) is 0 Å². The van der Waals surface area contributed by atoms with Gasteiger partial charge in [-0.1, -0.05) is 38.5 Å². The molecule has 0 amide bonds. The van der Waals surface area contributed by atoms with Gasteiger partial charge >= 0.3 is 0 Å². The SMILES string of the molecule is CC.CCC(C)Oc1ccc(C)cc1C. The number of hydrogen-bond donors (Lipinski definition) is 0. The van der Waals surface area contributed by atoms with E-state index in [1.54, 1.807) is 0 Å². The van der Waals surface area contributed by atoms with Crippen molar-refractivity contribution in [1.82, 2.24) is 0 Å². The van der Waals surface area contributed by atoms with Crippen molar-refractivity contribution in [2.75, 3.05) is 0 Å². The fraction of sp³-hybridized carbons (Fsp3) is 0.571. The Labute approximate surface area is 94.5 Å². The Morgan fingerprint density at radius 2 is 1.80 bits per heavy atom. The van der Waals surface area contributed by atoms with Crippen LogP contribution in [0, 0.1) is 13.8 Å². The Morgan fingerprint density at radius 1 is 1.20 bits per heavy atom. The van der Waals surface area contributed by atoms with Gasteiger partial charge in [-0.15, -0.1) is 0 Å². The lowest BCUT2D eigenvalue weighted by Crippen LogP contribution is -2.10. The summed E-state index contributed by atoms with van der Waals surface area (Å²) in [5.41, 5.74) is 2.51. The van der Waals surface area contributed by atoms with Gasteiger partial charge in [0.05, 0.1) is 6.10 Å². The molecule has 1 unspecified atom stereocenters. The molecule has 0 N–H and O–H groups in total. The summed E-state index contributed by atoms with van der Waals surface area (Å²) in [4.78, 5) is 0. The average molecular weight is 208 g/mol. The standard InChI is InChI=1S/C12H18O.C2H6/c1-5-11(4)13-12-7-6-9(2)8-10(12)3;1-2/h6-8,11H,5H2,1-4H3;1-2H3. The summed E-state index contributed by atoms with van der Waals surface area (Å²) in [6, 6.07) is 6.29. The summed E-state index contributed by atoms with van der Waals surface area (Å²) in [5.74, 6) is 1.01. The van der Waals surface area contributed by atoms with E-state index in [2.05, 4.69) is 45.9 Å². The maximum absolute atomic E-state index is 5.75. The smallest absolute Gasteiger partial charge is 0.122 e. The Morgan fingerprint density at radius 3 is 2.27 bits per heavy atom. The van der Waals surface area contributed by atoms with E-state index in [0.717, 1.165) is 12.2 Å². The van der Waals surface area contributed by atoms with E-state index >= 15 is 0 Å². The van der Waals surface area contributed by atoms with E-state index in [0.29, 0.717) is 6.10 Å². The van der Waals surface area contributed by atoms with Crippen LogP contribution in [0.1, 0.15) is 45.2 Å². The van der Waals surface area contributed by atoms with Gasteiger partial charge in [-0.2, -0.15) is 0 Å². The van der Waals surface area contributed by atoms with Crippen molar-refractivity contribution in [1.29, 1.82) is 0 Å². The minimum absolute atomic E-state index is 0.307. The van der Waals surface area contributed by atoms with Crippen molar-refractivity contribution < 1.29 is 4.74 Å². The number of benzene rings is 1. The molecule has 0 aliphatic carbocycles. The van der Waals surface area contributed by atoms with E-state index in [9.17, 15) is 0 Å². The van der Waals surface area contributed by atoms with Crippen molar-refractivity contribution in [3.63, 3.8) is 0 Å². The highest BCUT2D eigenvalue weighted by Crippen LogP contribution is 2.20. The van der Waals surface area contributed by atoms with Gasteiger partial charge in [-0.05, 0) is 38.8 Å². The fourth-order valence-corrected chi connectivity index (χ4v) is 1.23. The normalized spacial score (nSPS) is 11.3. The molecule has 0 bridgehead atoms. The molecule has 0 heterocycles. The van der Waals surface area contributed by atoms with Crippen LogP contribution in [0.25, 0.3) is 0 Å². The molecule has 0 aliphatic heterocycles. The molecule has 1 nitrogen and oxygen atoms in total. The molecule has 0 saturated heterocycles. The molecule has 1 heteroatoms. The second-order valence-electron chi connectivity index (χ2n) is 3.61. The molecular formula is C14H24O. The van der Waals surface area contributed by atoms with Gasteiger partial charge in [0.1, 0.15) is 5.75 Å². The number of ether oxygens (including phenoxy) is 1. The number of aryl methyl sites for hydroxylation is 2. The zero-order chi connectivity index (χ0) is 11.8. The van der Waals surface area contributed by atoms with E-state index < -0.39 is 0 Å². The maximum Gasteiger partial charge on any atom is 0.122 e. The second kappa shape index (κ2) is 7.33. The van der Waals surface area contributed by atoms with Gasteiger partial charge in [0, 0.05) is 0 Å². The topological polar surface area (TPSA) is 9.23 Å². The summed E-state index contributed by atoms with van der Waals surface area (Å²) in [5, 5.41) is 0. The van der Waals surface area contributed by atoms with Crippen LogP contribution >= 0.6 is 0 Å². The third-order valence-electron chi connectivity index (χ3n) is 2.23. The molecular weight excluding hydrogens is 184 g/mol. The van der Waals surface area contributed by atoms with Crippen LogP contribution in [0.4, 0.5) is 0 Å². The van der Waals surface area contributed by atoms with Crippen molar-refractivity contribution in [3.8, 4) is 5.75 Å². The summed E-state index contributed by atoms with van der Waals surface area (Å²) in [6.07, 6.45) is 1.36. The third kappa shape index (κ3) is 4.87. The highest BCUT2D eigenvalue weighted by Gasteiger charge is 2.03. The first kappa shape index (κ1) is 14.0.